The number of benzene rings is 1. The molecule has 2 amide bonds. The van der Waals surface area contributed by atoms with Crippen LogP contribution in [0.4, 0.5) is 11.5 Å². The van der Waals surface area contributed by atoms with E-state index in [9.17, 15) is 9.59 Å². The van der Waals surface area contributed by atoms with Crippen molar-refractivity contribution in [2.45, 2.75) is 13.8 Å². The van der Waals surface area contributed by atoms with E-state index in [4.69, 9.17) is 4.74 Å². The molecule has 0 saturated heterocycles. The molecule has 1 aromatic heterocycles. The Bertz CT molecular complexity index is 669. The van der Waals surface area contributed by atoms with Crippen molar-refractivity contribution >= 4 is 23.3 Å². The summed E-state index contributed by atoms with van der Waals surface area (Å²) in [7, 11) is 0. The monoisotopic (exact) mass is 299 g/mol. The van der Waals surface area contributed by atoms with Gasteiger partial charge in [0.15, 0.2) is 0 Å². The van der Waals surface area contributed by atoms with Crippen LogP contribution >= 0.6 is 0 Å². The molecule has 0 radical (unpaired) electrons. The first-order chi connectivity index (χ1) is 10.6. The van der Waals surface area contributed by atoms with Gasteiger partial charge in [0.05, 0.1) is 12.3 Å². The molecule has 0 aliphatic heterocycles. The van der Waals surface area contributed by atoms with Crippen LogP contribution in [0.15, 0.2) is 42.6 Å². The number of hydrogen-bond acceptors (Lipinski definition) is 4. The Balaban J connectivity index is 2.02. The molecule has 2 rings (SSSR count). The smallest absolute Gasteiger partial charge is 0.315 e. The maximum Gasteiger partial charge on any atom is 0.315 e. The van der Waals surface area contributed by atoms with E-state index in [-0.39, 0.29) is 0 Å². The molecule has 0 aliphatic carbocycles. The van der Waals surface area contributed by atoms with Gasteiger partial charge in [-0.3, -0.25) is 9.59 Å². The summed E-state index contributed by atoms with van der Waals surface area (Å²) >= 11 is 0. The minimum absolute atomic E-state index is 0.323. The van der Waals surface area contributed by atoms with Gasteiger partial charge in [0, 0.05) is 6.20 Å². The zero-order chi connectivity index (χ0) is 15.9. The van der Waals surface area contributed by atoms with Crippen LogP contribution in [0.3, 0.4) is 0 Å². The van der Waals surface area contributed by atoms with Crippen LogP contribution in [-0.2, 0) is 9.59 Å². The number of hydrogen-bond donors (Lipinski definition) is 2. The number of carbonyl (C=O) groups is 2. The third-order valence-corrected chi connectivity index (χ3v) is 2.79. The lowest BCUT2D eigenvalue weighted by molar-refractivity contribution is -0.133. The maximum absolute atomic E-state index is 11.9. The van der Waals surface area contributed by atoms with Crippen molar-refractivity contribution in [2.75, 3.05) is 17.2 Å². The number of para-hydroxylation sites is 2. The molecule has 0 bridgehead atoms. The third-order valence-electron chi connectivity index (χ3n) is 2.79. The molecule has 22 heavy (non-hydrogen) atoms. The number of nitrogens with zero attached hydrogens (tertiary/aromatic N) is 1. The topological polar surface area (TPSA) is 80.3 Å². The molecule has 1 heterocycles. The second-order valence-electron chi connectivity index (χ2n) is 4.56. The maximum atomic E-state index is 11.9. The van der Waals surface area contributed by atoms with Crippen LogP contribution in [0.2, 0.25) is 0 Å². The highest BCUT2D eigenvalue weighted by Crippen LogP contribution is 2.23. The van der Waals surface area contributed by atoms with E-state index < -0.39 is 11.8 Å². The Morgan fingerprint density at radius 1 is 1.09 bits per heavy atom. The number of ether oxygens (including phenoxy) is 1. The van der Waals surface area contributed by atoms with Gasteiger partial charge in [-0.25, -0.2) is 4.98 Å². The van der Waals surface area contributed by atoms with Crippen LogP contribution < -0.4 is 15.4 Å². The number of pyridine rings is 1. The van der Waals surface area contributed by atoms with E-state index in [0.29, 0.717) is 23.9 Å². The van der Waals surface area contributed by atoms with Crippen molar-refractivity contribution in [3.8, 4) is 5.75 Å². The Morgan fingerprint density at radius 3 is 2.50 bits per heavy atom. The van der Waals surface area contributed by atoms with E-state index in [1.807, 2.05) is 13.8 Å². The Morgan fingerprint density at radius 2 is 1.82 bits per heavy atom. The van der Waals surface area contributed by atoms with Gasteiger partial charge in [0.2, 0.25) is 0 Å². The van der Waals surface area contributed by atoms with Crippen molar-refractivity contribution < 1.29 is 14.3 Å². The highest BCUT2D eigenvalue weighted by atomic mass is 16.5. The quantitative estimate of drug-likeness (QED) is 0.849. The summed E-state index contributed by atoms with van der Waals surface area (Å²) in [4.78, 5) is 27.8. The molecule has 0 fully saturated rings. The number of nitrogens with one attached hydrogen (secondary N) is 2. The number of amides is 2. The van der Waals surface area contributed by atoms with Gasteiger partial charge in [-0.2, -0.15) is 0 Å². The molecule has 0 aliphatic rings. The second-order valence-corrected chi connectivity index (χ2v) is 4.56. The Kier molecular flexibility index (Phi) is 5.08. The fourth-order valence-corrected chi connectivity index (χ4v) is 1.75. The molecule has 2 aromatic rings. The van der Waals surface area contributed by atoms with Crippen LogP contribution in [0.1, 0.15) is 12.5 Å². The average molecular weight is 299 g/mol. The zero-order valence-electron chi connectivity index (χ0n) is 12.4. The predicted octanol–water partition coefficient (Wildman–Crippen LogP) is 2.37. The van der Waals surface area contributed by atoms with E-state index in [0.717, 1.165) is 5.56 Å². The molecule has 0 saturated carbocycles. The number of carbonyl (C=O) groups excluding carboxylic acids is 2. The molecule has 0 unspecified atom stereocenters. The third kappa shape index (κ3) is 4.05. The van der Waals surface area contributed by atoms with E-state index >= 15 is 0 Å². The summed E-state index contributed by atoms with van der Waals surface area (Å²) in [6.07, 6.45) is 1.61. The largest absolute Gasteiger partial charge is 0.492 e. The molecular weight excluding hydrogens is 282 g/mol. The molecule has 2 N–H and O–H groups in total. The normalized spacial score (nSPS) is 9.91. The Hall–Kier alpha value is -2.89. The lowest BCUT2D eigenvalue weighted by Gasteiger charge is -2.11. The van der Waals surface area contributed by atoms with Gasteiger partial charge in [0.25, 0.3) is 0 Å². The summed E-state index contributed by atoms with van der Waals surface area (Å²) in [6, 6.07) is 10.4. The fourth-order valence-electron chi connectivity index (χ4n) is 1.75. The summed E-state index contributed by atoms with van der Waals surface area (Å²) in [5, 5.41) is 4.96. The summed E-state index contributed by atoms with van der Waals surface area (Å²) < 4.78 is 5.39. The van der Waals surface area contributed by atoms with Gasteiger partial charge in [0.1, 0.15) is 11.6 Å². The van der Waals surface area contributed by atoms with Crippen LogP contribution in [0, 0.1) is 6.92 Å². The van der Waals surface area contributed by atoms with Crippen LogP contribution in [0.5, 0.6) is 5.75 Å². The summed E-state index contributed by atoms with van der Waals surface area (Å²) in [5.74, 6) is -0.736. The Labute approximate surface area is 128 Å². The van der Waals surface area contributed by atoms with Gasteiger partial charge in [-0.15, -0.1) is 0 Å². The summed E-state index contributed by atoms with van der Waals surface area (Å²) in [5.41, 5.74) is 1.41. The molecule has 6 heteroatoms. The van der Waals surface area contributed by atoms with Crippen molar-refractivity contribution in [1.29, 1.82) is 0 Å². The number of anilines is 2. The first kappa shape index (κ1) is 15.5. The van der Waals surface area contributed by atoms with Crippen LogP contribution in [0.25, 0.3) is 0 Å². The van der Waals surface area contributed by atoms with Crippen LogP contribution in [-0.4, -0.2) is 23.4 Å². The van der Waals surface area contributed by atoms with Gasteiger partial charge >= 0.3 is 11.8 Å². The molecular formula is C16H17N3O3. The van der Waals surface area contributed by atoms with Gasteiger partial charge in [-0.1, -0.05) is 18.2 Å². The van der Waals surface area contributed by atoms with E-state index in [2.05, 4.69) is 15.6 Å². The molecule has 114 valence electrons. The van der Waals surface area contributed by atoms with Crippen molar-refractivity contribution in [3.63, 3.8) is 0 Å². The molecule has 0 spiro atoms. The number of aryl methyl sites for hydroxylation is 1. The minimum Gasteiger partial charge on any atom is -0.492 e. The van der Waals surface area contributed by atoms with Gasteiger partial charge < -0.3 is 15.4 Å². The molecule has 0 atom stereocenters. The lowest BCUT2D eigenvalue weighted by Crippen LogP contribution is -2.29. The van der Waals surface area contributed by atoms with Crippen molar-refractivity contribution in [2.24, 2.45) is 0 Å². The highest BCUT2D eigenvalue weighted by Gasteiger charge is 2.16. The number of rotatable bonds is 4. The SMILES string of the molecule is CCOc1ccccc1NC(=O)C(=O)Nc1ccc(C)cn1. The molecule has 6 nitrogen and oxygen atoms in total. The fraction of sp³-hybridized carbons (Fsp3) is 0.188. The average Bonchev–Trinajstić information content (AvgIpc) is 2.51. The summed E-state index contributed by atoms with van der Waals surface area (Å²) in [6.45, 7) is 4.19. The highest BCUT2D eigenvalue weighted by molar-refractivity contribution is 6.43. The van der Waals surface area contributed by atoms with E-state index in [1.54, 1.807) is 42.6 Å². The second kappa shape index (κ2) is 7.21. The molecule has 1 aromatic carbocycles. The zero-order valence-corrected chi connectivity index (χ0v) is 12.4. The van der Waals surface area contributed by atoms with E-state index in [1.165, 1.54) is 0 Å². The minimum atomic E-state index is -0.789. The van der Waals surface area contributed by atoms with Crippen molar-refractivity contribution in [3.05, 3.63) is 48.2 Å². The first-order valence-corrected chi connectivity index (χ1v) is 6.87. The van der Waals surface area contributed by atoms with Gasteiger partial charge in [-0.05, 0) is 37.6 Å². The lowest BCUT2D eigenvalue weighted by atomic mass is 10.3. The predicted molar refractivity (Wildman–Crippen MR) is 83.8 cm³/mol. The van der Waals surface area contributed by atoms with Crippen molar-refractivity contribution in [1.82, 2.24) is 4.98 Å². The standard InChI is InChI=1S/C16H17N3O3/c1-3-22-13-7-5-4-6-12(13)18-15(20)16(21)19-14-9-8-11(2)10-17-14/h4-10H,3H2,1-2H3,(H,18,20)(H,17,19,21). The first-order valence-electron chi connectivity index (χ1n) is 6.87. The number of aromatic nitrogens is 1.